The van der Waals surface area contributed by atoms with Crippen LogP contribution in [-0.2, 0) is 22.6 Å². The number of halogens is 1. The largest absolute Gasteiger partial charge is 0.484 e. The zero-order chi connectivity index (χ0) is 25.2. The van der Waals surface area contributed by atoms with Crippen molar-refractivity contribution in [2.24, 2.45) is 5.92 Å². The van der Waals surface area contributed by atoms with Crippen LogP contribution in [0, 0.1) is 16.4 Å². The van der Waals surface area contributed by atoms with E-state index < -0.39 is 6.04 Å². The van der Waals surface area contributed by atoms with Gasteiger partial charge in [-0.15, -0.1) is 0 Å². The molecule has 3 aromatic carbocycles. The zero-order valence-corrected chi connectivity index (χ0v) is 22.7. The summed E-state index contributed by atoms with van der Waals surface area (Å²) in [5.74, 6) is 0.547. The predicted molar refractivity (Wildman–Crippen MR) is 148 cm³/mol. The number of carbonyl (C=O) groups is 2. The number of amides is 2. The predicted octanol–water partition coefficient (Wildman–Crippen LogP) is 5.39. The first-order chi connectivity index (χ1) is 16.8. The molecule has 2 amide bonds. The zero-order valence-electron chi connectivity index (χ0n) is 20.5. The van der Waals surface area contributed by atoms with Gasteiger partial charge < -0.3 is 15.0 Å². The molecule has 0 saturated carbocycles. The topological polar surface area (TPSA) is 58.6 Å². The molecule has 6 heteroatoms. The maximum absolute atomic E-state index is 13.6. The highest BCUT2D eigenvalue weighted by atomic mass is 127. The smallest absolute Gasteiger partial charge is 0.261 e. The van der Waals surface area contributed by atoms with E-state index >= 15 is 0 Å². The van der Waals surface area contributed by atoms with E-state index in [9.17, 15) is 9.59 Å². The summed E-state index contributed by atoms with van der Waals surface area (Å²) < 4.78 is 6.91. The van der Waals surface area contributed by atoms with Crippen molar-refractivity contribution in [3.05, 3.63) is 99.1 Å². The SMILES string of the molecule is Cc1ccccc1CN(C(=O)COc1ccc(I)cc1)C(Cc1ccccc1)C(=O)NCC(C)C. The molecule has 1 unspecified atom stereocenters. The van der Waals surface area contributed by atoms with E-state index in [1.54, 1.807) is 4.90 Å². The highest BCUT2D eigenvalue weighted by Gasteiger charge is 2.31. The Morgan fingerprint density at radius 2 is 1.60 bits per heavy atom. The Kier molecular flexibility index (Phi) is 10.1. The fourth-order valence-corrected chi connectivity index (χ4v) is 4.07. The van der Waals surface area contributed by atoms with Crippen LogP contribution in [0.1, 0.15) is 30.5 Å². The summed E-state index contributed by atoms with van der Waals surface area (Å²) in [4.78, 5) is 28.7. The average Bonchev–Trinajstić information content (AvgIpc) is 2.85. The maximum atomic E-state index is 13.6. The van der Waals surface area contributed by atoms with Gasteiger partial charge in [-0.3, -0.25) is 9.59 Å². The summed E-state index contributed by atoms with van der Waals surface area (Å²) in [5, 5.41) is 3.04. The molecule has 0 heterocycles. The molecule has 0 aliphatic rings. The fourth-order valence-electron chi connectivity index (χ4n) is 3.71. The molecule has 0 aliphatic heterocycles. The summed E-state index contributed by atoms with van der Waals surface area (Å²) in [6.07, 6.45) is 0.423. The maximum Gasteiger partial charge on any atom is 0.261 e. The quantitative estimate of drug-likeness (QED) is 0.308. The van der Waals surface area contributed by atoms with Crippen LogP contribution >= 0.6 is 22.6 Å². The van der Waals surface area contributed by atoms with Crippen molar-refractivity contribution >= 4 is 34.4 Å². The van der Waals surface area contributed by atoms with Crippen molar-refractivity contribution in [1.29, 1.82) is 0 Å². The van der Waals surface area contributed by atoms with Crippen molar-refractivity contribution < 1.29 is 14.3 Å². The lowest BCUT2D eigenvalue weighted by molar-refractivity contribution is -0.142. The molecule has 35 heavy (non-hydrogen) atoms. The summed E-state index contributed by atoms with van der Waals surface area (Å²) in [6, 6.07) is 24.7. The van der Waals surface area contributed by atoms with Gasteiger partial charge in [0.05, 0.1) is 0 Å². The molecule has 0 saturated heterocycles. The van der Waals surface area contributed by atoms with Gasteiger partial charge in [0.1, 0.15) is 11.8 Å². The Hall–Kier alpha value is -2.87. The third kappa shape index (κ3) is 8.38. The molecule has 1 N–H and O–H groups in total. The lowest BCUT2D eigenvalue weighted by Gasteiger charge is -2.32. The lowest BCUT2D eigenvalue weighted by atomic mass is 10.0. The fraction of sp³-hybridized carbons (Fsp3) is 0.310. The van der Waals surface area contributed by atoms with Crippen molar-refractivity contribution in [3.63, 3.8) is 0 Å². The summed E-state index contributed by atoms with van der Waals surface area (Å²) in [7, 11) is 0. The molecule has 0 spiro atoms. The number of hydrogen-bond acceptors (Lipinski definition) is 3. The van der Waals surface area contributed by atoms with Gasteiger partial charge in [-0.1, -0.05) is 68.4 Å². The minimum atomic E-state index is -0.663. The molecule has 1 atom stereocenters. The number of hydrogen-bond donors (Lipinski definition) is 1. The number of carbonyl (C=O) groups excluding carboxylic acids is 2. The molecule has 184 valence electrons. The van der Waals surface area contributed by atoms with Crippen LogP contribution in [0.2, 0.25) is 0 Å². The summed E-state index contributed by atoms with van der Waals surface area (Å²) in [5.41, 5.74) is 3.08. The second-order valence-electron chi connectivity index (χ2n) is 9.04. The van der Waals surface area contributed by atoms with E-state index in [1.165, 1.54) is 0 Å². The van der Waals surface area contributed by atoms with E-state index in [0.717, 1.165) is 20.3 Å². The number of ether oxygens (including phenoxy) is 1. The molecular weight excluding hydrogens is 551 g/mol. The van der Waals surface area contributed by atoms with Gasteiger partial charge in [-0.25, -0.2) is 0 Å². The minimum absolute atomic E-state index is 0.144. The van der Waals surface area contributed by atoms with Crippen molar-refractivity contribution in [2.75, 3.05) is 13.2 Å². The number of rotatable bonds is 11. The average molecular weight is 584 g/mol. The van der Waals surface area contributed by atoms with Crippen LogP contribution in [0.15, 0.2) is 78.9 Å². The van der Waals surface area contributed by atoms with Crippen LogP contribution in [0.4, 0.5) is 0 Å². The summed E-state index contributed by atoms with van der Waals surface area (Å²) in [6.45, 7) is 6.86. The second-order valence-corrected chi connectivity index (χ2v) is 10.3. The van der Waals surface area contributed by atoms with Crippen LogP contribution in [0.25, 0.3) is 0 Å². The molecule has 0 fully saturated rings. The van der Waals surface area contributed by atoms with Crippen LogP contribution in [0.5, 0.6) is 5.75 Å². The molecule has 3 rings (SSSR count). The van der Waals surface area contributed by atoms with Gasteiger partial charge in [-0.05, 0) is 76.4 Å². The molecule has 5 nitrogen and oxygen atoms in total. The first-order valence-corrected chi connectivity index (χ1v) is 13.0. The lowest BCUT2D eigenvalue weighted by Crippen LogP contribution is -2.52. The first-order valence-electron chi connectivity index (χ1n) is 11.9. The van der Waals surface area contributed by atoms with Crippen LogP contribution in [-0.4, -0.2) is 35.9 Å². The first kappa shape index (κ1) is 26.7. The molecule has 0 radical (unpaired) electrons. The van der Waals surface area contributed by atoms with E-state index in [-0.39, 0.29) is 18.4 Å². The third-order valence-electron chi connectivity index (χ3n) is 5.73. The Morgan fingerprint density at radius 1 is 0.943 bits per heavy atom. The standard InChI is InChI=1S/C29H33IN2O3/c1-21(2)18-31-29(34)27(17-23-10-5-4-6-11-23)32(19-24-12-8-7-9-22(24)3)28(33)20-35-26-15-13-25(30)14-16-26/h4-16,21,27H,17-20H2,1-3H3,(H,31,34). The number of aryl methyl sites for hydroxylation is 1. The normalized spacial score (nSPS) is 11.7. The van der Waals surface area contributed by atoms with Gasteiger partial charge >= 0.3 is 0 Å². The van der Waals surface area contributed by atoms with Gasteiger partial charge in [0.2, 0.25) is 5.91 Å². The monoisotopic (exact) mass is 584 g/mol. The molecule has 0 aromatic heterocycles. The van der Waals surface area contributed by atoms with E-state index in [1.807, 2.05) is 85.8 Å². The number of nitrogens with zero attached hydrogens (tertiary/aromatic N) is 1. The molecule has 0 bridgehead atoms. The van der Waals surface area contributed by atoms with E-state index in [0.29, 0.717) is 31.2 Å². The molecule has 0 aliphatic carbocycles. The van der Waals surface area contributed by atoms with Gasteiger partial charge in [0, 0.05) is 23.1 Å². The Labute approximate surface area is 222 Å². The second kappa shape index (κ2) is 13.3. The third-order valence-corrected chi connectivity index (χ3v) is 6.45. The van der Waals surface area contributed by atoms with E-state index in [2.05, 4.69) is 41.8 Å². The minimum Gasteiger partial charge on any atom is -0.484 e. The Bertz CT molecular complexity index is 1100. The van der Waals surface area contributed by atoms with Crippen molar-refractivity contribution in [3.8, 4) is 5.75 Å². The van der Waals surface area contributed by atoms with Gasteiger partial charge in [-0.2, -0.15) is 0 Å². The summed E-state index contributed by atoms with van der Waals surface area (Å²) >= 11 is 2.23. The van der Waals surface area contributed by atoms with Crippen LogP contribution < -0.4 is 10.1 Å². The highest BCUT2D eigenvalue weighted by molar-refractivity contribution is 14.1. The van der Waals surface area contributed by atoms with Crippen molar-refractivity contribution in [1.82, 2.24) is 10.2 Å². The van der Waals surface area contributed by atoms with Crippen molar-refractivity contribution in [2.45, 2.75) is 39.8 Å². The molecular formula is C29H33IN2O3. The Balaban J connectivity index is 1.90. The van der Waals surface area contributed by atoms with Gasteiger partial charge in [0.25, 0.3) is 5.91 Å². The number of nitrogens with one attached hydrogen (secondary N) is 1. The Morgan fingerprint density at radius 3 is 2.26 bits per heavy atom. The van der Waals surface area contributed by atoms with Gasteiger partial charge in [0.15, 0.2) is 6.61 Å². The van der Waals surface area contributed by atoms with Crippen LogP contribution in [0.3, 0.4) is 0 Å². The highest BCUT2D eigenvalue weighted by Crippen LogP contribution is 2.18. The number of benzene rings is 3. The van der Waals surface area contributed by atoms with E-state index in [4.69, 9.17) is 4.74 Å². The molecule has 3 aromatic rings.